The number of aromatic nitrogens is 2. The van der Waals surface area contributed by atoms with Crippen molar-refractivity contribution < 1.29 is 31.1 Å². The lowest BCUT2D eigenvalue weighted by molar-refractivity contribution is -0.143. The van der Waals surface area contributed by atoms with E-state index in [0.29, 0.717) is 17.8 Å². The molecule has 1 atom stereocenters. The van der Waals surface area contributed by atoms with Crippen molar-refractivity contribution in [2.45, 2.75) is 37.7 Å². The summed E-state index contributed by atoms with van der Waals surface area (Å²) in [5.41, 5.74) is 0.156. The monoisotopic (exact) mass is 529 g/mol. The maximum absolute atomic E-state index is 13.3. The molecule has 1 aromatic heterocycles. The molecule has 0 fully saturated rings. The van der Waals surface area contributed by atoms with Crippen LogP contribution in [-0.2, 0) is 18.8 Å². The highest BCUT2D eigenvalue weighted by Crippen LogP contribution is 2.39. The van der Waals surface area contributed by atoms with Crippen molar-refractivity contribution in [2.24, 2.45) is 0 Å². The fourth-order valence-corrected chi connectivity index (χ4v) is 4.74. The van der Waals surface area contributed by atoms with Crippen molar-refractivity contribution in [1.29, 1.82) is 0 Å². The van der Waals surface area contributed by atoms with Gasteiger partial charge < -0.3 is 5.32 Å². The fraction of sp³-hybridized carbons (Fsp3) is 0.214. The maximum atomic E-state index is 13.3. The standard InChI is InChI=1S/C28H21F6N3O/c29-27(30,31)20-12-19(13-21(14-20)28(32,33)34)17-8-10-22(11-9-17)37-16-35-15-25(37)26(38)36-24-7-3-5-18-4-1-2-6-23(18)24/h1-2,4,6,8-16,24H,3,5,7H2,(H,36,38)/t24-/m1/s1. The van der Waals surface area contributed by atoms with E-state index in [1.165, 1.54) is 46.9 Å². The summed E-state index contributed by atoms with van der Waals surface area (Å²) in [6.07, 6.45) is -4.37. The van der Waals surface area contributed by atoms with E-state index in [1.54, 1.807) is 0 Å². The van der Waals surface area contributed by atoms with Gasteiger partial charge >= 0.3 is 12.4 Å². The van der Waals surface area contributed by atoms with Gasteiger partial charge in [0.25, 0.3) is 5.91 Å². The minimum atomic E-state index is -4.94. The molecule has 0 aliphatic heterocycles. The molecule has 10 heteroatoms. The van der Waals surface area contributed by atoms with Gasteiger partial charge in [-0.3, -0.25) is 9.36 Å². The smallest absolute Gasteiger partial charge is 0.344 e. The van der Waals surface area contributed by atoms with Crippen LogP contribution in [-0.4, -0.2) is 15.5 Å². The lowest BCUT2D eigenvalue weighted by Crippen LogP contribution is -2.32. The Bertz CT molecular complexity index is 1440. The summed E-state index contributed by atoms with van der Waals surface area (Å²) in [5.74, 6) is -0.346. The zero-order chi connectivity index (χ0) is 27.1. The molecule has 1 amide bonds. The van der Waals surface area contributed by atoms with Crippen LogP contribution in [0.25, 0.3) is 16.8 Å². The Hall–Kier alpha value is -4.08. The molecule has 0 radical (unpaired) electrons. The van der Waals surface area contributed by atoms with Gasteiger partial charge in [0.05, 0.1) is 29.7 Å². The lowest BCUT2D eigenvalue weighted by Gasteiger charge is -2.26. The third kappa shape index (κ3) is 5.16. The number of halogens is 6. The van der Waals surface area contributed by atoms with Crippen molar-refractivity contribution in [3.05, 3.63) is 107 Å². The molecule has 1 aliphatic rings. The number of imidazole rings is 1. The summed E-state index contributed by atoms with van der Waals surface area (Å²) >= 11 is 0. The Morgan fingerprint density at radius 1 is 0.868 bits per heavy atom. The normalized spacial score (nSPS) is 15.7. The van der Waals surface area contributed by atoms with E-state index in [9.17, 15) is 31.1 Å². The van der Waals surface area contributed by atoms with E-state index in [1.807, 2.05) is 24.3 Å². The number of carbonyl (C=O) groups is 1. The highest BCUT2D eigenvalue weighted by Gasteiger charge is 2.37. The number of hydrogen-bond donors (Lipinski definition) is 1. The second kappa shape index (κ2) is 9.66. The van der Waals surface area contributed by atoms with E-state index in [0.717, 1.165) is 24.8 Å². The number of carbonyl (C=O) groups excluding carboxylic acids is 1. The van der Waals surface area contributed by atoms with Crippen LogP contribution in [0.5, 0.6) is 0 Å². The van der Waals surface area contributed by atoms with E-state index < -0.39 is 23.5 Å². The van der Waals surface area contributed by atoms with Crippen molar-refractivity contribution in [3.63, 3.8) is 0 Å². The Morgan fingerprint density at radius 2 is 1.53 bits per heavy atom. The second-order valence-electron chi connectivity index (χ2n) is 9.11. The number of fused-ring (bicyclic) bond motifs is 1. The molecule has 4 nitrogen and oxygen atoms in total. The Labute approximate surface area is 213 Å². The number of alkyl halides is 6. The second-order valence-corrected chi connectivity index (χ2v) is 9.11. The third-order valence-corrected chi connectivity index (χ3v) is 6.61. The van der Waals surface area contributed by atoms with Gasteiger partial charge in [0, 0.05) is 5.69 Å². The molecule has 0 saturated carbocycles. The van der Waals surface area contributed by atoms with E-state index in [-0.39, 0.29) is 34.8 Å². The molecule has 38 heavy (non-hydrogen) atoms. The first-order chi connectivity index (χ1) is 18.0. The summed E-state index contributed by atoms with van der Waals surface area (Å²) in [6, 6.07) is 15.1. The van der Waals surface area contributed by atoms with Crippen molar-refractivity contribution in [1.82, 2.24) is 14.9 Å². The van der Waals surface area contributed by atoms with Crippen molar-refractivity contribution in [3.8, 4) is 16.8 Å². The highest BCUT2D eigenvalue weighted by molar-refractivity contribution is 5.93. The summed E-state index contributed by atoms with van der Waals surface area (Å²) in [6.45, 7) is 0. The van der Waals surface area contributed by atoms with Crippen LogP contribution in [0, 0.1) is 0 Å². The van der Waals surface area contributed by atoms with Crippen LogP contribution in [0.15, 0.2) is 79.3 Å². The molecule has 0 bridgehead atoms. The number of hydrogen-bond acceptors (Lipinski definition) is 2. The number of aryl methyl sites for hydroxylation is 1. The largest absolute Gasteiger partial charge is 0.416 e. The first-order valence-electron chi connectivity index (χ1n) is 11.8. The molecule has 0 spiro atoms. The highest BCUT2D eigenvalue weighted by atomic mass is 19.4. The average molecular weight is 529 g/mol. The van der Waals surface area contributed by atoms with Crippen LogP contribution in [0.2, 0.25) is 0 Å². The Balaban J connectivity index is 1.41. The van der Waals surface area contributed by atoms with Crippen LogP contribution in [0.3, 0.4) is 0 Å². The third-order valence-electron chi connectivity index (χ3n) is 6.61. The minimum absolute atomic E-state index is 0.0962. The van der Waals surface area contributed by atoms with Crippen LogP contribution >= 0.6 is 0 Å². The van der Waals surface area contributed by atoms with E-state index in [2.05, 4.69) is 10.3 Å². The summed E-state index contributed by atoms with van der Waals surface area (Å²) in [4.78, 5) is 17.2. The number of rotatable bonds is 4. The van der Waals surface area contributed by atoms with Gasteiger partial charge in [0.2, 0.25) is 0 Å². The van der Waals surface area contributed by atoms with Crippen molar-refractivity contribution >= 4 is 5.91 Å². The van der Waals surface area contributed by atoms with Gasteiger partial charge in [0.1, 0.15) is 5.69 Å². The predicted octanol–water partition coefficient (Wildman–Crippen LogP) is 7.38. The molecule has 0 saturated heterocycles. The quantitative estimate of drug-likeness (QED) is 0.281. The minimum Gasteiger partial charge on any atom is -0.344 e. The first-order valence-corrected chi connectivity index (χ1v) is 11.8. The maximum Gasteiger partial charge on any atom is 0.416 e. The zero-order valence-electron chi connectivity index (χ0n) is 19.8. The molecular weight excluding hydrogens is 508 g/mol. The molecule has 4 aromatic rings. The number of nitrogens with zero attached hydrogens (tertiary/aromatic N) is 2. The summed E-state index contributed by atoms with van der Waals surface area (Å²) in [7, 11) is 0. The zero-order valence-corrected chi connectivity index (χ0v) is 19.8. The van der Waals surface area contributed by atoms with Gasteiger partial charge in [-0.1, -0.05) is 36.4 Å². The number of nitrogens with one attached hydrogen (secondary N) is 1. The van der Waals surface area contributed by atoms with Gasteiger partial charge in [-0.15, -0.1) is 0 Å². The lowest BCUT2D eigenvalue weighted by atomic mass is 9.88. The van der Waals surface area contributed by atoms with Crippen LogP contribution < -0.4 is 5.32 Å². The topological polar surface area (TPSA) is 46.9 Å². The first kappa shape index (κ1) is 25.6. The Kier molecular flexibility index (Phi) is 6.50. The number of amides is 1. The Morgan fingerprint density at radius 3 is 2.18 bits per heavy atom. The molecular formula is C28H21F6N3O. The van der Waals surface area contributed by atoms with Gasteiger partial charge in [-0.25, -0.2) is 4.98 Å². The van der Waals surface area contributed by atoms with Gasteiger partial charge in [-0.05, 0) is 71.8 Å². The van der Waals surface area contributed by atoms with E-state index >= 15 is 0 Å². The molecule has 1 N–H and O–H groups in total. The van der Waals surface area contributed by atoms with E-state index in [4.69, 9.17) is 0 Å². The molecule has 3 aromatic carbocycles. The molecule has 196 valence electrons. The van der Waals surface area contributed by atoms with Crippen molar-refractivity contribution in [2.75, 3.05) is 0 Å². The van der Waals surface area contributed by atoms with Gasteiger partial charge in [-0.2, -0.15) is 26.3 Å². The molecule has 0 unspecified atom stereocenters. The summed E-state index contributed by atoms with van der Waals surface area (Å²) < 4.78 is 81.1. The number of benzene rings is 3. The van der Waals surface area contributed by atoms with Gasteiger partial charge in [0.15, 0.2) is 0 Å². The molecule has 5 rings (SSSR count). The fourth-order valence-electron chi connectivity index (χ4n) is 4.74. The van der Waals surface area contributed by atoms with Crippen LogP contribution in [0.4, 0.5) is 26.3 Å². The SMILES string of the molecule is O=C(N[C@@H]1CCCc2ccccc21)c1cncn1-c1ccc(-c2cc(C(F)(F)F)cc(C(F)(F)F)c2)cc1. The van der Waals surface area contributed by atoms with Crippen LogP contribution in [0.1, 0.15) is 51.6 Å². The predicted molar refractivity (Wildman–Crippen MR) is 129 cm³/mol. The molecule has 1 heterocycles. The summed E-state index contributed by atoms with van der Waals surface area (Å²) in [5, 5.41) is 3.05. The molecule has 1 aliphatic carbocycles. The average Bonchev–Trinajstić information content (AvgIpc) is 3.38.